The molecule has 0 aliphatic rings. The summed E-state index contributed by atoms with van der Waals surface area (Å²) in [5, 5.41) is 4.28. The van der Waals surface area contributed by atoms with E-state index >= 15 is 0 Å². The molecule has 0 atom stereocenters. The van der Waals surface area contributed by atoms with E-state index in [2.05, 4.69) is 23.3 Å². The van der Waals surface area contributed by atoms with Crippen molar-refractivity contribution in [3.63, 3.8) is 0 Å². The number of rotatable bonds is 6. The molecule has 1 heterocycles. The van der Waals surface area contributed by atoms with Gasteiger partial charge in [-0.1, -0.05) is 31.2 Å². The van der Waals surface area contributed by atoms with Crippen molar-refractivity contribution in [2.24, 2.45) is 0 Å². The molecule has 3 aromatic rings. The van der Waals surface area contributed by atoms with Crippen LogP contribution in [0.5, 0.6) is 5.75 Å². The van der Waals surface area contributed by atoms with Gasteiger partial charge in [0.25, 0.3) is 0 Å². The Morgan fingerprint density at radius 2 is 2.00 bits per heavy atom. The number of methoxy groups -OCH3 is 1. The van der Waals surface area contributed by atoms with E-state index in [0.29, 0.717) is 23.6 Å². The molecule has 5 heteroatoms. The first kappa shape index (κ1) is 18.7. The van der Waals surface area contributed by atoms with Crippen LogP contribution in [0.15, 0.2) is 42.6 Å². The molecule has 0 saturated carbocycles. The van der Waals surface area contributed by atoms with Crippen molar-refractivity contribution in [2.75, 3.05) is 19.0 Å². The fourth-order valence-electron chi connectivity index (χ4n) is 3.12. The van der Waals surface area contributed by atoms with E-state index in [1.165, 1.54) is 0 Å². The molecule has 0 saturated heterocycles. The third-order valence-corrected chi connectivity index (χ3v) is 4.47. The van der Waals surface area contributed by atoms with E-state index in [-0.39, 0.29) is 0 Å². The van der Waals surface area contributed by atoms with Crippen LogP contribution >= 0.6 is 0 Å². The highest BCUT2D eigenvalue weighted by atomic mass is 16.5. The molecule has 0 spiro atoms. The predicted octanol–water partition coefficient (Wildman–Crippen LogP) is 5.03. The zero-order valence-electron chi connectivity index (χ0n) is 16.1. The molecule has 140 valence electrons. The molecule has 2 aromatic carbocycles. The average Bonchev–Trinajstić information content (AvgIpc) is 2.68. The molecule has 0 radical (unpaired) electrons. The van der Waals surface area contributed by atoms with E-state index < -0.39 is 5.97 Å². The molecule has 0 amide bonds. The lowest BCUT2D eigenvalue weighted by molar-refractivity contribution is 0.0527. The van der Waals surface area contributed by atoms with Crippen LogP contribution in [0.25, 0.3) is 10.9 Å². The Hall–Kier alpha value is -3.08. The number of para-hydroxylation sites is 1. The van der Waals surface area contributed by atoms with Crippen molar-refractivity contribution < 1.29 is 14.3 Å². The van der Waals surface area contributed by atoms with Crippen LogP contribution in [-0.4, -0.2) is 24.7 Å². The van der Waals surface area contributed by atoms with Crippen molar-refractivity contribution >= 4 is 28.2 Å². The second kappa shape index (κ2) is 8.08. The van der Waals surface area contributed by atoms with Crippen LogP contribution in [0.4, 0.5) is 11.4 Å². The Kier molecular flexibility index (Phi) is 5.60. The summed E-state index contributed by atoms with van der Waals surface area (Å²) in [6.07, 6.45) is 2.44. The molecular weight excluding hydrogens is 340 g/mol. The fourth-order valence-corrected chi connectivity index (χ4v) is 3.12. The van der Waals surface area contributed by atoms with E-state index in [0.717, 1.165) is 34.1 Å². The van der Waals surface area contributed by atoms with Crippen molar-refractivity contribution in [1.29, 1.82) is 0 Å². The van der Waals surface area contributed by atoms with Gasteiger partial charge in [-0.3, -0.25) is 4.98 Å². The maximum atomic E-state index is 12.5. The van der Waals surface area contributed by atoms with Crippen molar-refractivity contribution in [3.8, 4) is 5.75 Å². The van der Waals surface area contributed by atoms with Crippen LogP contribution in [0.1, 0.15) is 35.3 Å². The smallest absolute Gasteiger partial charge is 0.341 e. The van der Waals surface area contributed by atoms with E-state index in [9.17, 15) is 4.79 Å². The number of hydrogen-bond acceptors (Lipinski definition) is 5. The van der Waals surface area contributed by atoms with Crippen LogP contribution in [0.3, 0.4) is 0 Å². The number of aromatic nitrogens is 1. The van der Waals surface area contributed by atoms with Gasteiger partial charge in [0.15, 0.2) is 0 Å². The van der Waals surface area contributed by atoms with Gasteiger partial charge in [-0.05, 0) is 43.5 Å². The summed E-state index contributed by atoms with van der Waals surface area (Å²) in [6.45, 7) is 6.19. The molecule has 1 N–H and O–H groups in total. The molecule has 0 aliphatic carbocycles. The van der Waals surface area contributed by atoms with Gasteiger partial charge < -0.3 is 14.8 Å². The maximum Gasteiger partial charge on any atom is 0.341 e. The zero-order chi connectivity index (χ0) is 19.4. The number of pyridine rings is 1. The number of aryl methyl sites for hydroxylation is 2. The first-order valence-electron chi connectivity index (χ1n) is 9.08. The molecule has 0 aliphatic heterocycles. The lowest BCUT2D eigenvalue weighted by atomic mass is 10.0. The molecular formula is C22H24N2O3. The number of anilines is 2. The molecule has 0 bridgehead atoms. The van der Waals surface area contributed by atoms with Crippen LogP contribution in [-0.2, 0) is 11.2 Å². The average molecular weight is 364 g/mol. The quantitative estimate of drug-likeness (QED) is 0.621. The Balaban J connectivity index is 2.23. The Morgan fingerprint density at radius 1 is 1.19 bits per heavy atom. The standard InChI is InChI=1S/C22H24N2O3/c1-5-15-8-7-9-16-20(15)23-13-17(22(25)27-6-2)21(16)24-18-12-14(3)10-11-19(18)26-4/h7-13H,5-6H2,1-4H3,(H,23,24). The van der Waals surface area contributed by atoms with Gasteiger partial charge in [0.05, 0.1) is 30.6 Å². The Bertz CT molecular complexity index is 983. The normalized spacial score (nSPS) is 10.7. The highest BCUT2D eigenvalue weighted by molar-refractivity contribution is 6.06. The molecule has 3 rings (SSSR count). The number of nitrogens with zero attached hydrogens (tertiary/aromatic N) is 1. The third kappa shape index (κ3) is 3.72. The number of fused-ring (bicyclic) bond motifs is 1. The number of nitrogens with one attached hydrogen (secondary N) is 1. The number of esters is 1. The third-order valence-electron chi connectivity index (χ3n) is 4.47. The summed E-state index contributed by atoms with van der Waals surface area (Å²) < 4.78 is 10.7. The van der Waals surface area contributed by atoms with Crippen LogP contribution < -0.4 is 10.1 Å². The van der Waals surface area contributed by atoms with Gasteiger partial charge in [-0.2, -0.15) is 0 Å². The molecule has 1 aromatic heterocycles. The minimum absolute atomic E-state index is 0.305. The minimum Gasteiger partial charge on any atom is -0.495 e. The minimum atomic E-state index is -0.400. The van der Waals surface area contributed by atoms with Crippen molar-refractivity contribution in [2.45, 2.75) is 27.2 Å². The summed E-state index contributed by atoms with van der Waals surface area (Å²) in [5.74, 6) is 0.301. The van der Waals surface area contributed by atoms with Crippen LogP contribution in [0, 0.1) is 6.92 Å². The number of carbonyl (C=O) groups is 1. The summed E-state index contributed by atoms with van der Waals surface area (Å²) >= 11 is 0. The summed E-state index contributed by atoms with van der Waals surface area (Å²) in [5.41, 5.74) is 4.96. The summed E-state index contributed by atoms with van der Waals surface area (Å²) in [4.78, 5) is 17.1. The van der Waals surface area contributed by atoms with Gasteiger partial charge in [0.1, 0.15) is 11.3 Å². The maximum absolute atomic E-state index is 12.5. The Morgan fingerprint density at radius 3 is 2.70 bits per heavy atom. The van der Waals surface area contributed by atoms with Gasteiger partial charge >= 0.3 is 5.97 Å². The molecule has 0 fully saturated rings. The second-order valence-corrected chi connectivity index (χ2v) is 6.26. The Labute approximate surface area is 159 Å². The zero-order valence-corrected chi connectivity index (χ0v) is 16.1. The highest BCUT2D eigenvalue weighted by Crippen LogP contribution is 2.35. The SMILES string of the molecule is CCOC(=O)c1cnc2c(CC)cccc2c1Nc1cc(C)ccc1OC. The molecule has 0 unspecified atom stereocenters. The molecule has 5 nitrogen and oxygen atoms in total. The van der Waals surface area contributed by atoms with Gasteiger partial charge in [-0.15, -0.1) is 0 Å². The van der Waals surface area contributed by atoms with Crippen molar-refractivity contribution in [1.82, 2.24) is 4.98 Å². The predicted molar refractivity (Wildman–Crippen MR) is 108 cm³/mol. The summed E-state index contributed by atoms with van der Waals surface area (Å²) in [6, 6.07) is 11.9. The monoisotopic (exact) mass is 364 g/mol. The second-order valence-electron chi connectivity index (χ2n) is 6.26. The van der Waals surface area contributed by atoms with E-state index in [1.54, 1.807) is 20.2 Å². The van der Waals surface area contributed by atoms with Gasteiger partial charge in [0.2, 0.25) is 0 Å². The molecule has 27 heavy (non-hydrogen) atoms. The van der Waals surface area contributed by atoms with E-state index in [4.69, 9.17) is 9.47 Å². The van der Waals surface area contributed by atoms with Crippen molar-refractivity contribution in [3.05, 3.63) is 59.3 Å². The number of carbonyl (C=O) groups excluding carboxylic acids is 1. The highest BCUT2D eigenvalue weighted by Gasteiger charge is 2.19. The van der Waals surface area contributed by atoms with Gasteiger partial charge in [0, 0.05) is 11.6 Å². The largest absolute Gasteiger partial charge is 0.495 e. The number of ether oxygens (including phenoxy) is 2. The first-order valence-corrected chi connectivity index (χ1v) is 9.08. The summed E-state index contributed by atoms with van der Waals surface area (Å²) in [7, 11) is 1.63. The van der Waals surface area contributed by atoms with Gasteiger partial charge in [-0.25, -0.2) is 4.79 Å². The lowest BCUT2D eigenvalue weighted by Crippen LogP contribution is -2.10. The van der Waals surface area contributed by atoms with Crippen LogP contribution in [0.2, 0.25) is 0 Å². The number of hydrogen-bond donors (Lipinski definition) is 1. The van der Waals surface area contributed by atoms with E-state index in [1.807, 2.05) is 37.3 Å². The first-order chi connectivity index (χ1) is 13.1. The topological polar surface area (TPSA) is 60.5 Å². The lowest BCUT2D eigenvalue weighted by Gasteiger charge is -2.17. The fraction of sp³-hybridized carbons (Fsp3) is 0.273. The number of benzene rings is 2.